The Kier molecular flexibility index (Phi) is 10.6. The molecule has 168 valence electrons. The van der Waals surface area contributed by atoms with Gasteiger partial charge in [-0.3, -0.25) is 14.6 Å². The Hall–Kier alpha value is -1.17. The number of thiophene rings is 1. The van der Waals surface area contributed by atoms with Gasteiger partial charge in [0.25, 0.3) is 0 Å². The quantitative estimate of drug-likeness (QED) is 0.312. The molecule has 7 nitrogen and oxygen atoms in total. The van der Waals surface area contributed by atoms with E-state index in [9.17, 15) is 0 Å². The van der Waals surface area contributed by atoms with Crippen LogP contribution < -0.4 is 5.32 Å². The van der Waals surface area contributed by atoms with Gasteiger partial charge in [-0.2, -0.15) is 16.4 Å². The first-order chi connectivity index (χ1) is 14.2. The number of nitrogens with one attached hydrogen (secondary N) is 1. The van der Waals surface area contributed by atoms with Gasteiger partial charge in [-0.15, -0.1) is 24.0 Å². The predicted octanol–water partition coefficient (Wildman–Crippen LogP) is 3.52. The monoisotopic (exact) mass is 546 g/mol. The summed E-state index contributed by atoms with van der Waals surface area (Å²) in [7, 11) is 1.94. The molecule has 0 radical (unpaired) electrons. The average Bonchev–Trinajstić information content (AvgIpc) is 3.42. The van der Waals surface area contributed by atoms with Crippen molar-refractivity contribution in [2.24, 2.45) is 12.0 Å². The maximum absolute atomic E-state index is 6.01. The summed E-state index contributed by atoms with van der Waals surface area (Å²) in [5.41, 5.74) is 2.47. The summed E-state index contributed by atoms with van der Waals surface area (Å²) in [5.74, 6) is 0.970. The van der Waals surface area contributed by atoms with Gasteiger partial charge in [-0.05, 0) is 42.4 Å². The molecule has 2 aromatic rings. The Morgan fingerprint density at radius 2 is 2.20 bits per heavy atom. The molecule has 0 amide bonds. The molecule has 0 bridgehead atoms. The number of aromatic nitrogens is 2. The van der Waals surface area contributed by atoms with Crippen LogP contribution >= 0.6 is 35.3 Å². The zero-order valence-corrected chi connectivity index (χ0v) is 21.6. The number of aliphatic imine (C=N–C) groups is 1. The van der Waals surface area contributed by atoms with Gasteiger partial charge in [0.2, 0.25) is 0 Å². The molecule has 2 atom stereocenters. The lowest BCUT2D eigenvalue weighted by atomic mass is 10.1. The Labute approximate surface area is 201 Å². The highest BCUT2D eigenvalue weighted by Gasteiger charge is 2.26. The summed E-state index contributed by atoms with van der Waals surface area (Å²) in [6.07, 6.45) is 3.95. The second-order valence-corrected chi connectivity index (χ2v) is 8.02. The summed E-state index contributed by atoms with van der Waals surface area (Å²) in [5, 5.41) is 12.2. The van der Waals surface area contributed by atoms with Crippen molar-refractivity contribution >= 4 is 41.3 Å². The van der Waals surface area contributed by atoms with Gasteiger partial charge in [0.15, 0.2) is 5.96 Å². The van der Waals surface area contributed by atoms with E-state index < -0.39 is 0 Å². The van der Waals surface area contributed by atoms with E-state index in [-0.39, 0.29) is 30.1 Å². The van der Waals surface area contributed by atoms with Crippen LogP contribution in [-0.2, 0) is 11.8 Å². The third-order valence-corrected chi connectivity index (χ3v) is 6.09. The third-order valence-electron chi connectivity index (χ3n) is 5.39. The number of rotatable bonds is 8. The van der Waals surface area contributed by atoms with E-state index in [1.165, 1.54) is 5.56 Å². The van der Waals surface area contributed by atoms with Crippen molar-refractivity contribution in [1.29, 1.82) is 0 Å². The minimum absolute atomic E-state index is 0. The highest BCUT2D eigenvalue weighted by Crippen LogP contribution is 2.24. The van der Waals surface area contributed by atoms with Crippen LogP contribution in [0.1, 0.15) is 44.0 Å². The second-order valence-electron chi connectivity index (χ2n) is 7.24. The van der Waals surface area contributed by atoms with Gasteiger partial charge in [-0.1, -0.05) is 13.8 Å². The smallest absolute Gasteiger partial charge is 0.194 e. The fourth-order valence-corrected chi connectivity index (χ4v) is 4.52. The van der Waals surface area contributed by atoms with E-state index in [2.05, 4.69) is 57.8 Å². The van der Waals surface area contributed by atoms with Gasteiger partial charge >= 0.3 is 0 Å². The lowest BCUT2D eigenvalue weighted by Gasteiger charge is -2.35. The molecule has 1 aliphatic heterocycles. The third kappa shape index (κ3) is 6.41. The highest BCUT2D eigenvalue weighted by atomic mass is 127. The van der Waals surface area contributed by atoms with Crippen molar-refractivity contribution < 1.29 is 4.74 Å². The number of likely N-dealkylation sites (N-methyl/N-ethyl adjacent to an activating group) is 1. The van der Waals surface area contributed by atoms with Crippen molar-refractivity contribution in [2.75, 3.05) is 45.9 Å². The molecule has 2 unspecified atom stereocenters. The maximum Gasteiger partial charge on any atom is 0.194 e. The van der Waals surface area contributed by atoms with Crippen LogP contribution in [0, 0.1) is 0 Å². The minimum atomic E-state index is 0. The van der Waals surface area contributed by atoms with Gasteiger partial charge in [0.05, 0.1) is 31.9 Å². The summed E-state index contributed by atoms with van der Waals surface area (Å²) < 4.78 is 7.83. The van der Waals surface area contributed by atoms with Crippen LogP contribution in [0.5, 0.6) is 0 Å². The topological polar surface area (TPSA) is 57.9 Å². The summed E-state index contributed by atoms with van der Waals surface area (Å²) >= 11 is 1.75. The maximum atomic E-state index is 6.01. The molecule has 9 heteroatoms. The first-order valence-corrected chi connectivity index (χ1v) is 11.5. The van der Waals surface area contributed by atoms with Gasteiger partial charge < -0.3 is 15.0 Å². The molecule has 2 aromatic heterocycles. The van der Waals surface area contributed by atoms with E-state index in [1.54, 1.807) is 11.3 Å². The zero-order valence-electron chi connectivity index (χ0n) is 18.5. The number of morpholine rings is 1. The predicted molar refractivity (Wildman–Crippen MR) is 135 cm³/mol. The van der Waals surface area contributed by atoms with E-state index in [0.29, 0.717) is 12.6 Å². The van der Waals surface area contributed by atoms with E-state index >= 15 is 0 Å². The summed E-state index contributed by atoms with van der Waals surface area (Å²) in [6.45, 7) is 12.5. The van der Waals surface area contributed by atoms with Crippen LogP contribution in [-0.4, -0.2) is 71.4 Å². The first kappa shape index (κ1) is 25.1. The minimum Gasteiger partial charge on any atom is -0.370 e. The standard InChI is InChI=1S/C21H34N6OS.HI/c1-5-22-21(23-13-19(26(6-2)7-3)17-8-11-29-16-17)27-9-10-28-20(15-27)18-12-24-25(4)14-18;/h8,11-12,14,16,19-20H,5-7,9-10,13,15H2,1-4H3,(H,22,23);1H. The molecular formula is C21H35IN6OS. The number of guanidine groups is 1. The molecule has 1 aliphatic rings. The van der Waals surface area contributed by atoms with Crippen LogP contribution in [0.4, 0.5) is 0 Å². The van der Waals surface area contributed by atoms with Crippen LogP contribution in [0.15, 0.2) is 34.2 Å². The number of ether oxygens (including phenoxy) is 1. The number of nitrogens with zero attached hydrogens (tertiary/aromatic N) is 5. The lowest BCUT2D eigenvalue weighted by molar-refractivity contribution is -0.00808. The molecule has 30 heavy (non-hydrogen) atoms. The Morgan fingerprint density at radius 3 is 2.80 bits per heavy atom. The van der Waals surface area contributed by atoms with E-state index in [4.69, 9.17) is 9.73 Å². The number of hydrogen-bond donors (Lipinski definition) is 1. The van der Waals surface area contributed by atoms with Gasteiger partial charge in [0.1, 0.15) is 6.10 Å². The molecule has 0 saturated carbocycles. The molecule has 3 rings (SSSR count). The van der Waals surface area contributed by atoms with Crippen LogP contribution in [0.2, 0.25) is 0 Å². The Morgan fingerprint density at radius 1 is 1.40 bits per heavy atom. The summed E-state index contributed by atoms with van der Waals surface area (Å²) in [4.78, 5) is 9.86. The Balaban J connectivity index is 0.00000320. The number of halogens is 1. The molecule has 0 aliphatic carbocycles. The highest BCUT2D eigenvalue weighted by molar-refractivity contribution is 14.0. The van der Waals surface area contributed by atoms with Crippen molar-refractivity contribution in [3.8, 4) is 0 Å². The normalized spacial score (nSPS) is 18.4. The number of hydrogen-bond acceptors (Lipinski definition) is 5. The molecule has 1 N–H and O–H groups in total. The van der Waals surface area contributed by atoms with Crippen LogP contribution in [0.25, 0.3) is 0 Å². The Bertz CT molecular complexity index is 761. The largest absolute Gasteiger partial charge is 0.370 e. The van der Waals surface area contributed by atoms with Crippen LogP contribution in [0.3, 0.4) is 0 Å². The summed E-state index contributed by atoms with van der Waals surface area (Å²) in [6, 6.07) is 2.53. The van der Waals surface area contributed by atoms with Gasteiger partial charge in [-0.25, -0.2) is 0 Å². The molecular weight excluding hydrogens is 511 g/mol. The average molecular weight is 547 g/mol. The van der Waals surface area contributed by atoms with E-state index in [1.807, 2.05) is 24.1 Å². The van der Waals surface area contributed by atoms with E-state index in [0.717, 1.165) is 50.8 Å². The zero-order chi connectivity index (χ0) is 20.6. The molecule has 0 aromatic carbocycles. The molecule has 1 fully saturated rings. The second kappa shape index (κ2) is 12.6. The lowest BCUT2D eigenvalue weighted by Crippen LogP contribution is -2.48. The van der Waals surface area contributed by atoms with Gasteiger partial charge in [0, 0.05) is 31.9 Å². The number of aryl methyl sites for hydroxylation is 1. The molecule has 0 spiro atoms. The fourth-order valence-electron chi connectivity index (χ4n) is 3.81. The fraction of sp³-hybridized carbons (Fsp3) is 0.619. The van der Waals surface area contributed by atoms with Crippen molar-refractivity contribution in [2.45, 2.75) is 32.9 Å². The van der Waals surface area contributed by atoms with Crippen molar-refractivity contribution in [1.82, 2.24) is 24.9 Å². The van der Waals surface area contributed by atoms with Crippen molar-refractivity contribution in [3.63, 3.8) is 0 Å². The molecule has 3 heterocycles. The van der Waals surface area contributed by atoms with Crippen molar-refractivity contribution in [3.05, 3.63) is 40.3 Å². The SMILES string of the molecule is CCNC(=NCC(c1ccsc1)N(CC)CC)N1CCOC(c2cnn(C)c2)C1.I. The molecule has 1 saturated heterocycles. The first-order valence-electron chi connectivity index (χ1n) is 10.6.